The average molecular weight is 416 g/mol. The average Bonchev–Trinajstić information content (AvgIpc) is 2.97. The van der Waals surface area contributed by atoms with Gasteiger partial charge in [-0.3, -0.25) is 14.4 Å². The van der Waals surface area contributed by atoms with Gasteiger partial charge in [0.2, 0.25) is 5.78 Å². The standard InChI is InChI=1S/C22H23ClN2O4/c1-24(2)12-13-25-19(14-6-10-17(29-3)11-7-14)18(21(27)22(25)28)20(26)15-4-8-16(23)9-5-15/h4-11,18-19H,12-13H2,1-3H3/p+1. The fourth-order valence-electron chi connectivity index (χ4n) is 3.54. The first-order valence-electron chi connectivity index (χ1n) is 9.41. The second-order valence-electron chi connectivity index (χ2n) is 7.39. The number of benzene rings is 2. The van der Waals surface area contributed by atoms with E-state index in [9.17, 15) is 14.4 Å². The van der Waals surface area contributed by atoms with Crippen molar-refractivity contribution < 1.29 is 24.0 Å². The zero-order chi connectivity index (χ0) is 21.1. The van der Waals surface area contributed by atoms with Gasteiger partial charge in [0.25, 0.3) is 5.91 Å². The number of Topliss-reactive ketones (excluding diaryl/α,β-unsaturated/α-hetero) is 2. The number of halogens is 1. The highest BCUT2D eigenvalue weighted by Gasteiger charge is 2.51. The lowest BCUT2D eigenvalue weighted by molar-refractivity contribution is -0.857. The van der Waals surface area contributed by atoms with Gasteiger partial charge >= 0.3 is 0 Å². The van der Waals surface area contributed by atoms with E-state index in [0.29, 0.717) is 29.4 Å². The smallest absolute Gasteiger partial charge is 0.291 e. The number of ketones is 2. The minimum absolute atomic E-state index is 0.360. The number of carbonyl (C=O) groups excluding carboxylic acids is 3. The molecule has 29 heavy (non-hydrogen) atoms. The Morgan fingerprint density at radius 1 is 1.07 bits per heavy atom. The Kier molecular flexibility index (Phi) is 6.35. The number of rotatable bonds is 7. The van der Waals surface area contributed by atoms with Crippen molar-refractivity contribution in [3.8, 4) is 5.75 Å². The second-order valence-corrected chi connectivity index (χ2v) is 7.82. The van der Waals surface area contributed by atoms with E-state index in [-0.39, 0.29) is 5.78 Å². The summed E-state index contributed by atoms with van der Waals surface area (Å²) in [4.78, 5) is 41.6. The molecule has 0 radical (unpaired) electrons. The van der Waals surface area contributed by atoms with E-state index in [1.807, 2.05) is 14.1 Å². The number of quaternary nitrogens is 1. The Morgan fingerprint density at radius 2 is 1.69 bits per heavy atom. The van der Waals surface area contributed by atoms with Gasteiger partial charge in [-0.1, -0.05) is 23.7 Å². The molecule has 1 aliphatic heterocycles. The Hall–Kier alpha value is -2.70. The lowest BCUT2D eigenvalue weighted by atomic mass is 9.86. The summed E-state index contributed by atoms with van der Waals surface area (Å²) in [6, 6.07) is 12.9. The minimum Gasteiger partial charge on any atom is -0.497 e. The predicted octanol–water partition coefficient (Wildman–Crippen LogP) is 1.44. The Morgan fingerprint density at radius 3 is 2.24 bits per heavy atom. The summed E-state index contributed by atoms with van der Waals surface area (Å²) in [6.45, 7) is 1.04. The third-order valence-electron chi connectivity index (χ3n) is 5.13. The number of likely N-dealkylation sites (N-methyl/N-ethyl adjacent to an activating group) is 1. The van der Waals surface area contributed by atoms with Crippen LogP contribution in [0.3, 0.4) is 0 Å². The monoisotopic (exact) mass is 415 g/mol. The van der Waals surface area contributed by atoms with Gasteiger partial charge in [0.15, 0.2) is 5.78 Å². The van der Waals surface area contributed by atoms with Crippen LogP contribution >= 0.6 is 11.6 Å². The first-order valence-corrected chi connectivity index (χ1v) is 9.79. The van der Waals surface area contributed by atoms with E-state index < -0.39 is 23.7 Å². The molecule has 0 aromatic heterocycles. The predicted molar refractivity (Wildman–Crippen MR) is 109 cm³/mol. The molecule has 1 aliphatic rings. The fraction of sp³-hybridized carbons (Fsp3) is 0.318. The van der Waals surface area contributed by atoms with Crippen LogP contribution in [0, 0.1) is 5.92 Å². The minimum atomic E-state index is -1.09. The van der Waals surface area contributed by atoms with Crippen LogP contribution in [0.2, 0.25) is 5.02 Å². The highest BCUT2D eigenvalue weighted by Crippen LogP contribution is 2.38. The quantitative estimate of drug-likeness (QED) is 0.422. The highest BCUT2D eigenvalue weighted by atomic mass is 35.5. The molecular formula is C22H24ClN2O4+. The van der Waals surface area contributed by atoms with Crippen molar-refractivity contribution in [1.82, 2.24) is 4.90 Å². The maximum atomic E-state index is 13.2. The summed E-state index contributed by atoms with van der Waals surface area (Å²) in [7, 11) is 5.51. The molecule has 1 saturated heterocycles. The van der Waals surface area contributed by atoms with Crippen LogP contribution in [0.5, 0.6) is 5.75 Å². The third-order valence-corrected chi connectivity index (χ3v) is 5.38. The summed E-state index contributed by atoms with van der Waals surface area (Å²) in [5.41, 5.74) is 1.09. The van der Waals surface area contributed by atoms with E-state index in [1.165, 1.54) is 4.90 Å². The van der Waals surface area contributed by atoms with Gasteiger partial charge in [-0.25, -0.2) is 0 Å². The Labute approximate surface area is 175 Å². The molecule has 1 amide bonds. The molecule has 6 nitrogen and oxygen atoms in total. The van der Waals surface area contributed by atoms with Crippen molar-refractivity contribution >= 4 is 29.1 Å². The van der Waals surface area contributed by atoms with Crippen molar-refractivity contribution in [2.75, 3.05) is 34.3 Å². The zero-order valence-corrected chi connectivity index (χ0v) is 17.4. The van der Waals surface area contributed by atoms with Gasteiger partial charge in [-0.15, -0.1) is 0 Å². The van der Waals surface area contributed by atoms with Crippen LogP contribution in [0.25, 0.3) is 0 Å². The first-order chi connectivity index (χ1) is 13.8. The van der Waals surface area contributed by atoms with Gasteiger partial charge in [-0.05, 0) is 42.0 Å². The van der Waals surface area contributed by atoms with Crippen LogP contribution in [-0.2, 0) is 9.59 Å². The summed E-state index contributed by atoms with van der Waals surface area (Å²) in [5.74, 6) is -2.08. The fourth-order valence-corrected chi connectivity index (χ4v) is 3.66. The van der Waals surface area contributed by atoms with Crippen molar-refractivity contribution in [3.05, 3.63) is 64.7 Å². The topological polar surface area (TPSA) is 68.1 Å². The Balaban J connectivity index is 2.02. The van der Waals surface area contributed by atoms with Crippen LogP contribution in [0.1, 0.15) is 22.0 Å². The molecule has 152 valence electrons. The molecule has 1 heterocycles. The number of nitrogens with one attached hydrogen (secondary N) is 1. The Bertz CT molecular complexity index is 909. The van der Waals surface area contributed by atoms with Crippen molar-refractivity contribution in [1.29, 1.82) is 0 Å². The van der Waals surface area contributed by atoms with Crippen molar-refractivity contribution in [2.24, 2.45) is 5.92 Å². The lowest BCUT2D eigenvalue weighted by Crippen LogP contribution is -3.06. The van der Waals surface area contributed by atoms with E-state index in [2.05, 4.69) is 0 Å². The normalized spacial score (nSPS) is 19.1. The van der Waals surface area contributed by atoms with Gasteiger partial charge in [0, 0.05) is 10.6 Å². The third kappa shape index (κ3) is 4.33. The zero-order valence-electron chi connectivity index (χ0n) is 16.6. The molecule has 0 saturated carbocycles. The molecule has 3 rings (SSSR count). The van der Waals surface area contributed by atoms with E-state index in [4.69, 9.17) is 16.3 Å². The number of ether oxygens (including phenoxy) is 1. The maximum Gasteiger partial charge on any atom is 0.291 e. The van der Waals surface area contributed by atoms with Crippen LogP contribution in [-0.4, -0.2) is 56.7 Å². The number of methoxy groups -OCH3 is 1. The maximum absolute atomic E-state index is 13.2. The first kappa shape index (κ1) is 21.0. The molecule has 0 aliphatic carbocycles. The molecule has 1 fully saturated rings. The number of hydrogen-bond donors (Lipinski definition) is 1. The summed E-state index contributed by atoms with van der Waals surface area (Å²) < 4.78 is 5.20. The summed E-state index contributed by atoms with van der Waals surface area (Å²) in [5, 5.41) is 0.498. The number of amides is 1. The van der Waals surface area contributed by atoms with Crippen LogP contribution in [0.4, 0.5) is 0 Å². The largest absolute Gasteiger partial charge is 0.497 e. The highest BCUT2D eigenvalue weighted by molar-refractivity contribution is 6.44. The molecule has 2 unspecified atom stereocenters. The molecule has 1 N–H and O–H groups in total. The molecule has 2 aromatic rings. The SMILES string of the molecule is COc1ccc(C2C(C(=O)c3ccc(Cl)cc3)C(=O)C(=O)N2CC[NH+](C)C)cc1. The van der Waals surface area contributed by atoms with Crippen molar-refractivity contribution in [2.45, 2.75) is 6.04 Å². The van der Waals surface area contributed by atoms with Crippen molar-refractivity contribution in [3.63, 3.8) is 0 Å². The van der Waals surface area contributed by atoms with Gasteiger partial charge in [0.1, 0.15) is 11.7 Å². The van der Waals surface area contributed by atoms with Gasteiger partial charge in [-0.2, -0.15) is 0 Å². The van der Waals surface area contributed by atoms with Crippen LogP contribution < -0.4 is 9.64 Å². The summed E-state index contributed by atoms with van der Waals surface area (Å²) >= 11 is 5.92. The number of hydrogen-bond acceptors (Lipinski definition) is 4. The van der Waals surface area contributed by atoms with E-state index in [1.54, 1.807) is 55.6 Å². The van der Waals surface area contributed by atoms with E-state index >= 15 is 0 Å². The molecule has 0 bridgehead atoms. The van der Waals surface area contributed by atoms with E-state index in [0.717, 1.165) is 10.5 Å². The van der Waals surface area contributed by atoms with Gasteiger partial charge in [0.05, 0.1) is 40.3 Å². The molecule has 7 heteroatoms. The number of likely N-dealkylation sites (tertiary alicyclic amines) is 1. The van der Waals surface area contributed by atoms with Crippen LogP contribution in [0.15, 0.2) is 48.5 Å². The number of carbonyl (C=O) groups is 3. The second kappa shape index (κ2) is 8.76. The lowest BCUT2D eigenvalue weighted by Gasteiger charge is -2.27. The summed E-state index contributed by atoms with van der Waals surface area (Å²) in [6.07, 6.45) is 0. The molecular weight excluding hydrogens is 392 g/mol. The molecule has 0 spiro atoms. The molecule has 2 atom stereocenters. The number of nitrogens with zero attached hydrogens (tertiary/aromatic N) is 1. The van der Waals surface area contributed by atoms with Gasteiger partial charge < -0.3 is 14.5 Å². The molecule has 2 aromatic carbocycles.